The lowest BCUT2D eigenvalue weighted by Gasteiger charge is -2.38. The Labute approximate surface area is 103 Å². The van der Waals surface area contributed by atoms with E-state index in [1.54, 1.807) is 13.4 Å². The maximum atomic E-state index is 6.10. The van der Waals surface area contributed by atoms with Gasteiger partial charge >= 0.3 is 0 Å². The van der Waals surface area contributed by atoms with Gasteiger partial charge in [0.15, 0.2) is 0 Å². The molecule has 96 valence electrons. The van der Waals surface area contributed by atoms with E-state index in [-0.39, 0.29) is 12.1 Å². The number of furan rings is 1. The fourth-order valence-electron chi connectivity index (χ4n) is 2.64. The maximum Gasteiger partial charge on any atom is 0.122 e. The van der Waals surface area contributed by atoms with Gasteiger partial charge in [0.1, 0.15) is 5.76 Å². The molecule has 1 saturated heterocycles. The third kappa shape index (κ3) is 2.89. The van der Waals surface area contributed by atoms with E-state index < -0.39 is 0 Å². The molecule has 1 aromatic heterocycles. The highest BCUT2D eigenvalue weighted by Crippen LogP contribution is 2.27. The molecule has 0 amide bonds. The second kappa shape index (κ2) is 5.67. The first-order valence-electron chi connectivity index (χ1n) is 6.28. The minimum absolute atomic E-state index is 0.0526. The van der Waals surface area contributed by atoms with E-state index in [1.165, 1.54) is 0 Å². The zero-order valence-corrected chi connectivity index (χ0v) is 10.6. The lowest BCUT2D eigenvalue weighted by Crippen LogP contribution is -2.46. The number of piperidine rings is 1. The monoisotopic (exact) mass is 238 g/mol. The summed E-state index contributed by atoms with van der Waals surface area (Å²) >= 11 is 0. The molecule has 0 aliphatic carbocycles. The molecule has 2 N–H and O–H groups in total. The second-order valence-corrected chi connectivity index (χ2v) is 4.81. The van der Waals surface area contributed by atoms with Crippen LogP contribution in [-0.2, 0) is 4.74 Å². The molecule has 1 aromatic rings. The Morgan fingerprint density at radius 1 is 1.59 bits per heavy atom. The molecule has 0 aromatic carbocycles. The van der Waals surface area contributed by atoms with Crippen molar-refractivity contribution in [1.29, 1.82) is 0 Å². The van der Waals surface area contributed by atoms with E-state index in [9.17, 15) is 0 Å². The van der Waals surface area contributed by atoms with Gasteiger partial charge in [-0.15, -0.1) is 0 Å². The highest BCUT2D eigenvalue weighted by molar-refractivity contribution is 5.08. The number of rotatable bonds is 4. The lowest BCUT2D eigenvalue weighted by molar-refractivity contribution is 0.00623. The summed E-state index contributed by atoms with van der Waals surface area (Å²) in [7, 11) is 1.78. The van der Waals surface area contributed by atoms with Crippen LogP contribution in [0.3, 0.4) is 0 Å². The number of ether oxygens (including phenoxy) is 1. The smallest absolute Gasteiger partial charge is 0.122 e. The SMILES string of the molecule is COC1CCCN(C(c2ccco2)C(C)N)C1. The zero-order chi connectivity index (χ0) is 12.3. The van der Waals surface area contributed by atoms with E-state index in [2.05, 4.69) is 4.90 Å². The van der Waals surface area contributed by atoms with Crippen molar-refractivity contribution in [2.24, 2.45) is 5.73 Å². The number of nitrogens with zero attached hydrogens (tertiary/aromatic N) is 1. The van der Waals surface area contributed by atoms with Crippen molar-refractivity contribution in [3.63, 3.8) is 0 Å². The molecule has 4 heteroatoms. The summed E-state index contributed by atoms with van der Waals surface area (Å²) in [4.78, 5) is 2.38. The molecule has 0 bridgehead atoms. The van der Waals surface area contributed by atoms with Crippen LogP contribution in [0.15, 0.2) is 22.8 Å². The Kier molecular flexibility index (Phi) is 4.20. The van der Waals surface area contributed by atoms with Gasteiger partial charge in [0.2, 0.25) is 0 Å². The summed E-state index contributed by atoms with van der Waals surface area (Å²) in [6.45, 7) is 4.03. The molecule has 3 unspecified atom stereocenters. The molecule has 3 atom stereocenters. The standard InChI is InChI=1S/C13H22N2O2/c1-10(14)13(12-6-4-8-17-12)15-7-3-5-11(9-15)16-2/h4,6,8,10-11,13H,3,5,7,9,14H2,1-2H3. The van der Waals surface area contributed by atoms with Gasteiger partial charge in [-0.1, -0.05) is 0 Å². The van der Waals surface area contributed by atoms with E-state index in [0.717, 1.165) is 31.7 Å². The third-order valence-corrected chi connectivity index (χ3v) is 3.47. The average Bonchev–Trinajstić information content (AvgIpc) is 2.83. The lowest BCUT2D eigenvalue weighted by atomic mass is 10.0. The molecule has 1 aliphatic rings. The average molecular weight is 238 g/mol. The number of hydrogen-bond acceptors (Lipinski definition) is 4. The van der Waals surface area contributed by atoms with Crippen LogP contribution in [0.5, 0.6) is 0 Å². The molecule has 2 heterocycles. The van der Waals surface area contributed by atoms with Crippen molar-refractivity contribution < 1.29 is 9.15 Å². The Morgan fingerprint density at radius 2 is 2.41 bits per heavy atom. The summed E-state index contributed by atoms with van der Waals surface area (Å²) < 4.78 is 11.0. The van der Waals surface area contributed by atoms with Crippen molar-refractivity contribution in [1.82, 2.24) is 4.90 Å². The van der Waals surface area contributed by atoms with Crippen LogP contribution in [-0.4, -0.2) is 37.2 Å². The van der Waals surface area contributed by atoms with E-state index in [1.807, 2.05) is 19.1 Å². The molecule has 2 rings (SSSR count). The van der Waals surface area contributed by atoms with Gasteiger partial charge in [-0.05, 0) is 38.4 Å². The summed E-state index contributed by atoms with van der Waals surface area (Å²) in [5.74, 6) is 0.955. The molecule has 17 heavy (non-hydrogen) atoms. The Morgan fingerprint density at radius 3 is 3.00 bits per heavy atom. The molecule has 0 radical (unpaired) electrons. The maximum absolute atomic E-state index is 6.10. The van der Waals surface area contributed by atoms with E-state index in [0.29, 0.717) is 6.10 Å². The number of nitrogens with two attached hydrogens (primary N) is 1. The zero-order valence-electron chi connectivity index (χ0n) is 10.6. The number of hydrogen-bond donors (Lipinski definition) is 1. The number of methoxy groups -OCH3 is 1. The van der Waals surface area contributed by atoms with Gasteiger partial charge in [-0.2, -0.15) is 0 Å². The van der Waals surface area contributed by atoms with Gasteiger partial charge in [0, 0.05) is 19.7 Å². The van der Waals surface area contributed by atoms with E-state index in [4.69, 9.17) is 14.9 Å². The highest BCUT2D eigenvalue weighted by Gasteiger charge is 2.30. The third-order valence-electron chi connectivity index (χ3n) is 3.47. The molecule has 1 fully saturated rings. The largest absolute Gasteiger partial charge is 0.468 e. The van der Waals surface area contributed by atoms with Gasteiger partial charge in [-0.3, -0.25) is 4.90 Å². The Hall–Kier alpha value is -0.840. The van der Waals surface area contributed by atoms with Crippen molar-refractivity contribution in [2.75, 3.05) is 20.2 Å². The summed E-state index contributed by atoms with van der Waals surface area (Å²) in [6, 6.07) is 4.13. The van der Waals surface area contributed by atoms with Crippen molar-refractivity contribution in [3.8, 4) is 0 Å². The topological polar surface area (TPSA) is 51.6 Å². The molecule has 0 saturated carbocycles. The van der Waals surface area contributed by atoms with E-state index >= 15 is 0 Å². The summed E-state index contributed by atoms with van der Waals surface area (Å²) in [5.41, 5.74) is 6.10. The van der Waals surface area contributed by atoms with Crippen molar-refractivity contribution in [2.45, 2.75) is 38.0 Å². The predicted octanol–water partition coefficient (Wildman–Crippen LogP) is 1.78. The molecular formula is C13H22N2O2. The van der Waals surface area contributed by atoms with Gasteiger partial charge in [0.05, 0.1) is 18.4 Å². The second-order valence-electron chi connectivity index (χ2n) is 4.81. The van der Waals surface area contributed by atoms with Gasteiger partial charge < -0.3 is 14.9 Å². The van der Waals surface area contributed by atoms with Crippen LogP contribution >= 0.6 is 0 Å². The predicted molar refractivity (Wildman–Crippen MR) is 66.7 cm³/mol. The van der Waals surface area contributed by atoms with Crippen LogP contribution in [0.25, 0.3) is 0 Å². The van der Waals surface area contributed by atoms with Crippen molar-refractivity contribution >= 4 is 0 Å². The number of likely N-dealkylation sites (tertiary alicyclic amines) is 1. The Bertz CT molecular complexity index is 324. The highest BCUT2D eigenvalue weighted by atomic mass is 16.5. The molecule has 4 nitrogen and oxygen atoms in total. The summed E-state index contributed by atoms with van der Waals surface area (Å²) in [6.07, 6.45) is 4.32. The van der Waals surface area contributed by atoms with Crippen molar-refractivity contribution in [3.05, 3.63) is 24.2 Å². The molecule has 1 aliphatic heterocycles. The first kappa shape index (κ1) is 12.6. The van der Waals surface area contributed by atoms with Crippen LogP contribution in [0, 0.1) is 0 Å². The van der Waals surface area contributed by atoms with Crippen LogP contribution in [0.1, 0.15) is 31.6 Å². The molecular weight excluding hydrogens is 216 g/mol. The van der Waals surface area contributed by atoms with Crippen LogP contribution < -0.4 is 5.73 Å². The van der Waals surface area contributed by atoms with Gasteiger partial charge in [-0.25, -0.2) is 0 Å². The Balaban J connectivity index is 2.11. The minimum Gasteiger partial charge on any atom is -0.468 e. The normalized spacial score (nSPS) is 25.7. The minimum atomic E-state index is 0.0526. The fourth-order valence-corrected chi connectivity index (χ4v) is 2.64. The first-order chi connectivity index (χ1) is 8.22. The fraction of sp³-hybridized carbons (Fsp3) is 0.692. The van der Waals surface area contributed by atoms with Gasteiger partial charge in [0.25, 0.3) is 0 Å². The van der Waals surface area contributed by atoms with Crippen LogP contribution in [0.2, 0.25) is 0 Å². The van der Waals surface area contributed by atoms with Crippen LogP contribution in [0.4, 0.5) is 0 Å². The summed E-state index contributed by atoms with van der Waals surface area (Å²) in [5, 5.41) is 0. The first-order valence-corrected chi connectivity index (χ1v) is 6.28. The quantitative estimate of drug-likeness (QED) is 0.868. The molecule has 0 spiro atoms.